The van der Waals surface area contributed by atoms with Crippen molar-refractivity contribution in [3.8, 4) is 0 Å². The van der Waals surface area contributed by atoms with Gasteiger partial charge < -0.3 is 10.7 Å². The van der Waals surface area contributed by atoms with Crippen molar-refractivity contribution in [3.63, 3.8) is 0 Å². The molecular formula is C10H11ClN2. The van der Waals surface area contributed by atoms with Crippen molar-refractivity contribution in [1.82, 2.24) is 4.98 Å². The topological polar surface area (TPSA) is 41.8 Å². The van der Waals surface area contributed by atoms with Crippen LogP contribution in [-0.4, -0.2) is 4.98 Å². The molecule has 0 spiro atoms. The van der Waals surface area contributed by atoms with E-state index < -0.39 is 0 Å². The van der Waals surface area contributed by atoms with Gasteiger partial charge in [-0.25, -0.2) is 0 Å². The minimum absolute atomic E-state index is 0.563. The van der Waals surface area contributed by atoms with Gasteiger partial charge in [-0.05, 0) is 24.6 Å². The highest BCUT2D eigenvalue weighted by molar-refractivity contribution is 6.31. The number of halogens is 1. The molecule has 2 rings (SSSR count). The maximum absolute atomic E-state index is 5.87. The second kappa shape index (κ2) is 3.05. The summed E-state index contributed by atoms with van der Waals surface area (Å²) in [7, 11) is 0. The number of rotatable bonds is 1. The fraction of sp³-hybridized carbons (Fsp3) is 0.200. The number of hydrogen-bond donors (Lipinski definition) is 2. The molecule has 1 aromatic heterocycles. The van der Waals surface area contributed by atoms with Crippen LogP contribution in [0.1, 0.15) is 11.3 Å². The number of aromatic amines is 1. The van der Waals surface area contributed by atoms with Crippen molar-refractivity contribution in [1.29, 1.82) is 0 Å². The Labute approximate surface area is 81.7 Å². The van der Waals surface area contributed by atoms with Gasteiger partial charge in [-0.3, -0.25) is 0 Å². The van der Waals surface area contributed by atoms with Crippen LogP contribution < -0.4 is 5.73 Å². The highest BCUT2D eigenvalue weighted by atomic mass is 35.5. The van der Waals surface area contributed by atoms with E-state index in [1.165, 1.54) is 10.9 Å². The zero-order valence-electron chi connectivity index (χ0n) is 7.39. The minimum Gasteiger partial charge on any atom is -0.358 e. The molecule has 0 atom stereocenters. The number of aromatic nitrogens is 1. The van der Waals surface area contributed by atoms with Crippen LogP contribution in [0.3, 0.4) is 0 Å². The molecule has 0 saturated heterocycles. The molecule has 0 aliphatic rings. The lowest BCUT2D eigenvalue weighted by Gasteiger charge is -1.95. The number of fused-ring (bicyclic) bond motifs is 1. The summed E-state index contributed by atoms with van der Waals surface area (Å²) in [5.41, 5.74) is 9.00. The molecular weight excluding hydrogens is 184 g/mol. The van der Waals surface area contributed by atoms with Crippen molar-refractivity contribution in [2.24, 2.45) is 5.73 Å². The number of hydrogen-bond acceptors (Lipinski definition) is 1. The Balaban J connectivity index is 2.79. The molecule has 68 valence electrons. The van der Waals surface area contributed by atoms with E-state index >= 15 is 0 Å². The molecule has 1 aromatic carbocycles. The van der Waals surface area contributed by atoms with Gasteiger partial charge in [0.2, 0.25) is 0 Å². The van der Waals surface area contributed by atoms with Gasteiger partial charge in [0.25, 0.3) is 0 Å². The van der Waals surface area contributed by atoms with Gasteiger partial charge in [-0.15, -0.1) is 0 Å². The third-order valence-electron chi connectivity index (χ3n) is 2.29. The first-order chi connectivity index (χ1) is 6.22. The molecule has 0 amide bonds. The van der Waals surface area contributed by atoms with Crippen LogP contribution in [0, 0.1) is 6.92 Å². The molecule has 0 aliphatic carbocycles. The average molecular weight is 195 g/mol. The lowest BCUT2D eigenvalue weighted by Crippen LogP contribution is -1.96. The SMILES string of the molecule is Cc1[nH]c2cc(Cl)ccc2c1CN. The molecule has 0 fully saturated rings. The van der Waals surface area contributed by atoms with Crippen molar-refractivity contribution in [3.05, 3.63) is 34.5 Å². The number of benzene rings is 1. The standard InChI is InChI=1S/C10H11ClN2/c1-6-9(5-12)8-3-2-7(11)4-10(8)13-6/h2-4,13H,5,12H2,1H3. The quantitative estimate of drug-likeness (QED) is 0.720. The molecule has 0 aliphatic heterocycles. The summed E-state index contributed by atoms with van der Waals surface area (Å²) in [6.45, 7) is 2.59. The first-order valence-electron chi connectivity index (χ1n) is 4.19. The summed E-state index contributed by atoms with van der Waals surface area (Å²) >= 11 is 5.87. The van der Waals surface area contributed by atoms with Crippen molar-refractivity contribution in [2.45, 2.75) is 13.5 Å². The van der Waals surface area contributed by atoms with Crippen LogP contribution >= 0.6 is 11.6 Å². The van der Waals surface area contributed by atoms with Gasteiger partial charge in [0.1, 0.15) is 0 Å². The van der Waals surface area contributed by atoms with E-state index in [0.717, 1.165) is 16.2 Å². The maximum Gasteiger partial charge on any atom is 0.0474 e. The molecule has 0 radical (unpaired) electrons. The van der Waals surface area contributed by atoms with Crippen LogP contribution in [0.5, 0.6) is 0 Å². The fourth-order valence-corrected chi connectivity index (χ4v) is 1.80. The first kappa shape index (κ1) is 8.60. The van der Waals surface area contributed by atoms with Crippen LogP contribution in [0.2, 0.25) is 5.02 Å². The monoisotopic (exact) mass is 194 g/mol. The van der Waals surface area contributed by atoms with Crippen LogP contribution in [0.4, 0.5) is 0 Å². The summed E-state index contributed by atoms with van der Waals surface area (Å²) in [4.78, 5) is 3.25. The van der Waals surface area contributed by atoms with Crippen molar-refractivity contribution >= 4 is 22.5 Å². The predicted molar refractivity (Wildman–Crippen MR) is 55.9 cm³/mol. The van der Waals surface area contributed by atoms with E-state index in [1.807, 2.05) is 25.1 Å². The van der Waals surface area contributed by atoms with Crippen molar-refractivity contribution in [2.75, 3.05) is 0 Å². The molecule has 3 heteroatoms. The highest BCUT2D eigenvalue weighted by Crippen LogP contribution is 2.24. The Bertz CT molecular complexity index is 445. The van der Waals surface area contributed by atoms with E-state index in [9.17, 15) is 0 Å². The van der Waals surface area contributed by atoms with Crippen LogP contribution in [-0.2, 0) is 6.54 Å². The van der Waals surface area contributed by atoms with E-state index in [1.54, 1.807) is 0 Å². The lowest BCUT2D eigenvalue weighted by atomic mass is 10.1. The second-order valence-electron chi connectivity index (χ2n) is 3.12. The van der Waals surface area contributed by atoms with Gasteiger partial charge in [0.15, 0.2) is 0 Å². The molecule has 3 N–H and O–H groups in total. The summed E-state index contributed by atoms with van der Waals surface area (Å²) in [5.74, 6) is 0. The van der Waals surface area contributed by atoms with Crippen molar-refractivity contribution < 1.29 is 0 Å². The molecule has 0 bridgehead atoms. The molecule has 2 nitrogen and oxygen atoms in total. The Morgan fingerprint density at radius 2 is 2.23 bits per heavy atom. The van der Waals surface area contributed by atoms with E-state index in [2.05, 4.69) is 4.98 Å². The van der Waals surface area contributed by atoms with Gasteiger partial charge in [-0.1, -0.05) is 17.7 Å². The maximum atomic E-state index is 5.87. The summed E-state index contributed by atoms with van der Waals surface area (Å²) < 4.78 is 0. The minimum atomic E-state index is 0.563. The van der Waals surface area contributed by atoms with Gasteiger partial charge in [-0.2, -0.15) is 0 Å². The number of aryl methyl sites for hydroxylation is 1. The third kappa shape index (κ3) is 1.32. The van der Waals surface area contributed by atoms with Crippen LogP contribution in [0.25, 0.3) is 10.9 Å². The smallest absolute Gasteiger partial charge is 0.0474 e. The fourth-order valence-electron chi connectivity index (χ4n) is 1.63. The number of nitrogens with two attached hydrogens (primary N) is 1. The normalized spacial score (nSPS) is 11.0. The van der Waals surface area contributed by atoms with E-state index in [-0.39, 0.29) is 0 Å². The van der Waals surface area contributed by atoms with E-state index in [4.69, 9.17) is 17.3 Å². The largest absolute Gasteiger partial charge is 0.358 e. The lowest BCUT2D eigenvalue weighted by molar-refractivity contribution is 1.05. The third-order valence-corrected chi connectivity index (χ3v) is 2.52. The highest BCUT2D eigenvalue weighted by Gasteiger charge is 2.05. The Hall–Kier alpha value is -0.990. The number of nitrogens with one attached hydrogen (secondary N) is 1. The summed E-state index contributed by atoms with van der Waals surface area (Å²) in [5, 5.41) is 1.92. The Kier molecular flexibility index (Phi) is 2.02. The molecule has 2 aromatic rings. The zero-order valence-corrected chi connectivity index (χ0v) is 8.15. The number of H-pyrrole nitrogens is 1. The Morgan fingerprint density at radius 1 is 1.46 bits per heavy atom. The summed E-state index contributed by atoms with van der Waals surface area (Å²) in [6, 6.07) is 5.81. The molecule has 0 saturated carbocycles. The van der Waals surface area contributed by atoms with Gasteiger partial charge >= 0.3 is 0 Å². The second-order valence-corrected chi connectivity index (χ2v) is 3.56. The average Bonchev–Trinajstić information content (AvgIpc) is 2.39. The Morgan fingerprint density at radius 3 is 2.92 bits per heavy atom. The zero-order chi connectivity index (χ0) is 9.42. The molecule has 0 unspecified atom stereocenters. The molecule has 13 heavy (non-hydrogen) atoms. The van der Waals surface area contributed by atoms with E-state index in [0.29, 0.717) is 6.54 Å². The molecule has 1 heterocycles. The summed E-state index contributed by atoms with van der Waals surface area (Å²) in [6.07, 6.45) is 0. The van der Waals surface area contributed by atoms with Crippen LogP contribution in [0.15, 0.2) is 18.2 Å². The predicted octanol–water partition coefficient (Wildman–Crippen LogP) is 2.59. The van der Waals surface area contributed by atoms with Gasteiger partial charge in [0, 0.05) is 28.2 Å². The van der Waals surface area contributed by atoms with Gasteiger partial charge in [0.05, 0.1) is 0 Å². The first-order valence-corrected chi connectivity index (χ1v) is 4.57.